The molecule has 3 nitrogen and oxygen atoms in total. The standard InChI is InChI=1S/C16H32N2O/c1-13-5-4-9-18(10-8-13)14(2)11-16(3,12-19)17-15-6-7-15/h13-15,17,19H,4-12H2,1-3H3. The lowest BCUT2D eigenvalue weighted by Gasteiger charge is -2.36. The summed E-state index contributed by atoms with van der Waals surface area (Å²) in [5.74, 6) is 0.881. The molecular formula is C16H32N2O. The summed E-state index contributed by atoms with van der Waals surface area (Å²) >= 11 is 0. The van der Waals surface area contributed by atoms with Gasteiger partial charge in [0.2, 0.25) is 0 Å². The van der Waals surface area contributed by atoms with Crippen LogP contribution in [0.1, 0.15) is 59.3 Å². The van der Waals surface area contributed by atoms with Gasteiger partial charge in [0, 0.05) is 17.6 Å². The van der Waals surface area contributed by atoms with E-state index in [2.05, 4.69) is 31.0 Å². The van der Waals surface area contributed by atoms with Crippen molar-refractivity contribution in [3.8, 4) is 0 Å². The first kappa shape index (κ1) is 15.3. The Morgan fingerprint density at radius 2 is 2.00 bits per heavy atom. The zero-order valence-corrected chi connectivity index (χ0v) is 13.0. The van der Waals surface area contributed by atoms with Crippen LogP contribution in [0.4, 0.5) is 0 Å². The Morgan fingerprint density at radius 3 is 2.63 bits per heavy atom. The van der Waals surface area contributed by atoms with Gasteiger partial charge < -0.3 is 15.3 Å². The molecule has 0 spiro atoms. The molecule has 1 saturated carbocycles. The number of hydrogen-bond acceptors (Lipinski definition) is 3. The van der Waals surface area contributed by atoms with Crippen molar-refractivity contribution in [1.29, 1.82) is 0 Å². The van der Waals surface area contributed by atoms with Gasteiger partial charge in [-0.2, -0.15) is 0 Å². The van der Waals surface area contributed by atoms with Crippen LogP contribution < -0.4 is 5.32 Å². The SMILES string of the molecule is CC1CCCN(C(C)CC(C)(CO)NC2CC2)CC1. The molecule has 0 aromatic heterocycles. The second kappa shape index (κ2) is 6.55. The lowest BCUT2D eigenvalue weighted by Crippen LogP contribution is -2.51. The number of nitrogens with zero attached hydrogens (tertiary/aromatic N) is 1. The molecule has 2 N–H and O–H groups in total. The van der Waals surface area contributed by atoms with E-state index in [4.69, 9.17) is 0 Å². The van der Waals surface area contributed by atoms with E-state index in [1.54, 1.807) is 0 Å². The van der Waals surface area contributed by atoms with Crippen LogP contribution in [0.15, 0.2) is 0 Å². The van der Waals surface area contributed by atoms with Gasteiger partial charge >= 0.3 is 0 Å². The summed E-state index contributed by atoms with van der Waals surface area (Å²) in [5, 5.41) is 13.4. The summed E-state index contributed by atoms with van der Waals surface area (Å²) in [7, 11) is 0. The van der Waals surface area contributed by atoms with E-state index in [0.717, 1.165) is 12.3 Å². The van der Waals surface area contributed by atoms with Gasteiger partial charge in [-0.25, -0.2) is 0 Å². The summed E-state index contributed by atoms with van der Waals surface area (Å²) in [5.41, 5.74) is -0.0987. The van der Waals surface area contributed by atoms with Crippen LogP contribution in [0.3, 0.4) is 0 Å². The highest BCUT2D eigenvalue weighted by Crippen LogP contribution is 2.26. The van der Waals surface area contributed by atoms with Crippen LogP contribution in [0.25, 0.3) is 0 Å². The van der Waals surface area contributed by atoms with Gasteiger partial charge in [-0.1, -0.05) is 6.92 Å². The Morgan fingerprint density at radius 1 is 1.26 bits per heavy atom. The average Bonchev–Trinajstić information content (AvgIpc) is 3.17. The van der Waals surface area contributed by atoms with E-state index in [1.807, 2.05) is 0 Å². The lowest BCUT2D eigenvalue weighted by atomic mass is 9.93. The molecule has 112 valence electrons. The van der Waals surface area contributed by atoms with Crippen LogP contribution in [-0.2, 0) is 0 Å². The molecule has 19 heavy (non-hydrogen) atoms. The number of nitrogens with one attached hydrogen (secondary N) is 1. The Hall–Kier alpha value is -0.120. The first-order valence-corrected chi connectivity index (χ1v) is 8.15. The minimum absolute atomic E-state index is 0.0987. The van der Waals surface area contributed by atoms with Gasteiger partial charge in [-0.15, -0.1) is 0 Å². The van der Waals surface area contributed by atoms with E-state index in [0.29, 0.717) is 12.1 Å². The fraction of sp³-hybridized carbons (Fsp3) is 1.00. The predicted molar refractivity (Wildman–Crippen MR) is 80.3 cm³/mol. The normalized spacial score (nSPS) is 30.6. The monoisotopic (exact) mass is 268 g/mol. The van der Waals surface area contributed by atoms with Crippen LogP contribution in [-0.4, -0.2) is 47.3 Å². The highest BCUT2D eigenvalue weighted by molar-refractivity contribution is 4.94. The third-order valence-corrected chi connectivity index (χ3v) is 4.90. The molecule has 3 atom stereocenters. The number of likely N-dealkylation sites (tertiary alicyclic amines) is 1. The quantitative estimate of drug-likeness (QED) is 0.776. The minimum atomic E-state index is -0.0987. The molecule has 0 aromatic carbocycles. The third kappa shape index (κ3) is 4.73. The number of rotatable bonds is 6. The van der Waals surface area contributed by atoms with Crippen molar-refractivity contribution in [2.24, 2.45) is 5.92 Å². The van der Waals surface area contributed by atoms with Crippen LogP contribution in [0, 0.1) is 5.92 Å². The van der Waals surface area contributed by atoms with Crippen LogP contribution in [0.2, 0.25) is 0 Å². The molecule has 2 rings (SSSR count). The molecule has 1 saturated heterocycles. The topological polar surface area (TPSA) is 35.5 Å². The Kier molecular flexibility index (Phi) is 5.27. The first-order valence-electron chi connectivity index (χ1n) is 8.15. The maximum absolute atomic E-state index is 9.73. The highest BCUT2D eigenvalue weighted by Gasteiger charge is 2.34. The third-order valence-electron chi connectivity index (χ3n) is 4.90. The van der Waals surface area contributed by atoms with Crippen molar-refractivity contribution in [3.63, 3.8) is 0 Å². The number of aliphatic hydroxyl groups is 1. The van der Waals surface area contributed by atoms with Crippen LogP contribution in [0.5, 0.6) is 0 Å². The molecule has 0 radical (unpaired) electrons. The number of hydrogen-bond donors (Lipinski definition) is 2. The van der Waals surface area contributed by atoms with Gasteiger partial charge in [0.15, 0.2) is 0 Å². The molecule has 0 aromatic rings. The Bertz CT molecular complexity index is 280. The van der Waals surface area contributed by atoms with Gasteiger partial charge in [0.05, 0.1) is 6.61 Å². The van der Waals surface area contributed by atoms with Crippen molar-refractivity contribution in [1.82, 2.24) is 10.2 Å². The molecule has 0 bridgehead atoms. The van der Waals surface area contributed by atoms with E-state index < -0.39 is 0 Å². The zero-order chi connectivity index (χ0) is 13.9. The minimum Gasteiger partial charge on any atom is -0.394 e. The van der Waals surface area contributed by atoms with Gasteiger partial charge in [-0.05, 0) is 71.4 Å². The van der Waals surface area contributed by atoms with Crippen molar-refractivity contribution in [2.75, 3.05) is 19.7 Å². The summed E-state index contributed by atoms with van der Waals surface area (Å²) in [6, 6.07) is 1.22. The molecule has 2 fully saturated rings. The summed E-state index contributed by atoms with van der Waals surface area (Å²) in [6.45, 7) is 9.60. The lowest BCUT2D eigenvalue weighted by molar-refractivity contribution is 0.114. The fourth-order valence-corrected chi connectivity index (χ4v) is 3.40. The van der Waals surface area contributed by atoms with Crippen molar-refractivity contribution in [3.05, 3.63) is 0 Å². The molecule has 3 unspecified atom stereocenters. The number of aliphatic hydroxyl groups excluding tert-OH is 1. The predicted octanol–water partition coefficient (Wildman–Crippen LogP) is 2.39. The smallest absolute Gasteiger partial charge is 0.0611 e. The summed E-state index contributed by atoms with van der Waals surface area (Å²) < 4.78 is 0. The highest BCUT2D eigenvalue weighted by atomic mass is 16.3. The molecule has 1 heterocycles. The second-order valence-electron chi connectivity index (χ2n) is 7.26. The van der Waals surface area contributed by atoms with Crippen molar-refractivity contribution in [2.45, 2.75) is 76.9 Å². The van der Waals surface area contributed by atoms with Gasteiger partial charge in [-0.3, -0.25) is 0 Å². The van der Waals surface area contributed by atoms with E-state index in [1.165, 1.54) is 45.2 Å². The van der Waals surface area contributed by atoms with E-state index >= 15 is 0 Å². The molecule has 1 aliphatic heterocycles. The van der Waals surface area contributed by atoms with Gasteiger partial charge in [0.25, 0.3) is 0 Å². The first-order chi connectivity index (χ1) is 9.02. The second-order valence-corrected chi connectivity index (χ2v) is 7.26. The molecule has 1 aliphatic carbocycles. The summed E-state index contributed by atoms with van der Waals surface area (Å²) in [6.07, 6.45) is 7.65. The summed E-state index contributed by atoms with van der Waals surface area (Å²) in [4.78, 5) is 2.63. The molecule has 2 aliphatic rings. The van der Waals surface area contributed by atoms with Crippen molar-refractivity contribution < 1.29 is 5.11 Å². The van der Waals surface area contributed by atoms with Gasteiger partial charge in [0.1, 0.15) is 0 Å². The van der Waals surface area contributed by atoms with Crippen LogP contribution >= 0.6 is 0 Å². The van der Waals surface area contributed by atoms with E-state index in [-0.39, 0.29) is 12.1 Å². The largest absolute Gasteiger partial charge is 0.394 e. The molecular weight excluding hydrogens is 236 g/mol. The molecule has 3 heteroatoms. The fourth-order valence-electron chi connectivity index (χ4n) is 3.40. The zero-order valence-electron chi connectivity index (χ0n) is 13.0. The average molecular weight is 268 g/mol. The Labute approximate surface area is 118 Å². The maximum atomic E-state index is 9.73. The maximum Gasteiger partial charge on any atom is 0.0611 e. The van der Waals surface area contributed by atoms with E-state index in [9.17, 15) is 5.11 Å². The molecule has 0 amide bonds. The Balaban J connectivity index is 1.85. The van der Waals surface area contributed by atoms with Crippen molar-refractivity contribution >= 4 is 0 Å².